The number of unbranched alkanes of at least 4 members (excludes halogenated alkanes) is 1. The molecule has 2 aromatic rings. The lowest BCUT2D eigenvalue weighted by molar-refractivity contribution is -0.188. The normalized spacial score (nSPS) is 25.4. The molecule has 14 nitrogen and oxygen atoms in total. The molecule has 5 aliphatic rings. The predicted molar refractivity (Wildman–Crippen MR) is 231 cm³/mol. The van der Waals surface area contributed by atoms with E-state index in [1.807, 2.05) is 30.4 Å². The molecule has 62 heavy (non-hydrogen) atoms. The van der Waals surface area contributed by atoms with Gasteiger partial charge in [-0.05, 0) is 93.5 Å². The molecule has 0 bridgehead atoms. The van der Waals surface area contributed by atoms with Crippen molar-refractivity contribution in [1.29, 1.82) is 5.26 Å². The molecular weight excluding hydrogens is 789 g/mol. The number of aliphatic imine (C=N–C) groups is 1. The molecule has 3 heterocycles. The summed E-state index contributed by atoms with van der Waals surface area (Å²) >= 11 is 0. The van der Waals surface area contributed by atoms with Crippen LogP contribution in [-0.2, 0) is 14.3 Å². The lowest BCUT2D eigenvalue weighted by Gasteiger charge is -2.63. The van der Waals surface area contributed by atoms with Crippen LogP contribution in [0.4, 0.5) is 0 Å². The van der Waals surface area contributed by atoms with E-state index in [1.165, 1.54) is 0 Å². The Morgan fingerprint density at radius 2 is 1.73 bits per heavy atom. The number of nitriles is 1. The second kappa shape index (κ2) is 17.9. The van der Waals surface area contributed by atoms with Crippen LogP contribution >= 0.6 is 0 Å². The topological polar surface area (TPSA) is 180 Å². The molecule has 2 saturated carbocycles. The number of carbonyl (C=O) groups is 5. The number of hydrogen-bond donors (Lipinski definition) is 2. The second-order valence-corrected chi connectivity index (χ2v) is 17.8. The van der Waals surface area contributed by atoms with Gasteiger partial charge in [-0.1, -0.05) is 40.3 Å². The Labute approximate surface area is 362 Å². The molecule has 0 aromatic heterocycles. The zero-order valence-electron chi connectivity index (χ0n) is 35.9. The first-order valence-electron chi connectivity index (χ1n) is 21.2. The van der Waals surface area contributed by atoms with E-state index >= 15 is 0 Å². The molecule has 1 unspecified atom stereocenters. The Hall–Kier alpha value is -6.33. The summed E-state index contributed by atoms with van der Waals surface area (Å²) in [5.74, 6) is -0.485. The van der Waals surface area contributed by atoms with Crippen molar-refractivity contribution in [1.82, 2.24) is 20.4 Å². The molecule has 2 aromatic carbocycles. The maximum atomic E-state index is 13.5. The molecule has 5 amide bonds. The van der Waals surface area contributed by atoms with Crippen LogP contribution < -0.4 is 20.1 Å². The highest BCUT2D eigenvalue weighted by molar-refractivity contribution is 6.23. The number of allylic oxidation sites excluding steroid dienone is 4. The van der Waals surface area contributed by atoms with E-state index in [0.29, 0.717) is 47.6 Å². The summed E-state index contributed by atoms with van der Waals surface area (Å²) in [6.07, 6.45) is 12.3. The van der Waals surface area contributed by atoms with Gasteiger partial charge in [0, 0.05) is 65.1 Å². The van der Waals surface area contributed by atoms with Crippen LogP contribution in [0.5, 0.6) is 11.5 Å². The SMILES string of the molecule is C=C(C#N)/C=C\C(O[C@H]1C(C)(C)[C@H](NC(=O)c2ccc(OCCCCN(C)[C@H]3C[C@H](Oc4ccc5c(c4)C(=O)N(C4CCC(=O)NC4=O)C5=O)C3)cc2)C1(C)C)=C1\C=CC=NC1. The van der Waals surface area contributed by atoms with Gasteiger partial charge in [-0.25, -0.2) is 0 Å². The van der Waals surface area contributed by atoms with Crippen LogP contribution in [0.2, 0.25) is 0 Å². The number of rotatable bonds is 16. The molecule has 324 valence electrons. The number of amides is 5. The zero-order chi connectivity index (χ0) is 44.3. The first-order valence-corrected chi connectivity index (χ1v) is 21.2. The summed E-state index contributed by atoms with van der Waals surface area (Å²) in [6.45, 7) is 14.0. The summed E-state index contributed by atoms with van der Waals surface area (Å²) < 4.78 is 18.8. The number of hydrogen-bond acceptors (Lipinski definition) is 11. The fraction of sp³-hybridized carbons (Fsp3) is 0.438. The van der Waals surface area contributed by atoms with Gasteiger partial charge < -0.3 is 24.4 Å². The Bertz CT molecular complexity index is 2300. The van der Waals surface area contributed by atoms with Crippen molar-refractivity contribution in [2.75, 3.05) is 26.7 Å². The number of nitrogens with zero attached hydrogens (tertiary/aromatic N) is 4. The third kappa shape index (κ3) is 8.99. The molecule has 0 spiro atoms. The van der Waals surface area contributed by atoms with Crippen LogP contribution in [0.15, 0.2) is 95.2 Å². The Balaban J connectivity index is 0.814. The number of fused-ring (bicyclic) bond motifs is 1. The summed E-state index contributed by atoms with van der Waals surface area (Å²) in [4.78, 5) is 71.2. The number of benzene rings is 2. The highest BCUT2D eigenvalue weighted by Gasteiger charge is 2.64. The van der Waals surface area contributed by atoms with Crippen molar-refractivity contribution in [2.45, 2.75) is 96.6 Å². The average Bonchev–Trinajstić information content (AvgIpc) is 3.48. The van der Waals surface area contributed by atoms with Gasteiger partial charge in [0.15, 0.2) is 0 Å². The van der Waals surface area contributed by atoms with Crippen LogP contribution in [0, 0.1) is 22.2 Å². The Morgan fingerprint density at radius 1 is 1.02 bits per heavy atom. The molecule has 14 heteroatoms. The predicted octanol–water partition coefficient (Wildman–Crippen LogP) is 5.87. The van der Waals surface area contributed by atoms with Gasteiger partial charge in [0.1, 0.15) is 35.5 Å². The van der Waals surface area contributed by atoms with Crippen molar-refractivity contribution < 1.29 is 38.2 Å². The van der Waals surface area contributed by atoms with Gasteiger partial charge in [-0.3, -0.25) is 39.2 Å². The van der Waals surface area contributed by atoms with Gasteiger partial charge in [-0.15, -0.1) is 0 Å². The fourth-order valence-electron chi connectivity index (χ4n) is 9.41. The monoisotopic (exact) mass is 842 g/mol. The van der Waals surface area contributed by atoms with Gasteiger partial charge in [0.25, 0.3) is 17.7 Å². The Kier molecular flexibility index (Phi) is 12.7. The van der Waals surface area contributed by atoms with E-state index in [4.69, 9.17) is 14.2 Å². The summed E-state index contributed by atoms with van der Waals surface area (Å²) in [5, 5.41) is 14.7. The van der Waals surface area contributed by atoms with E-state index < -0.39 is 40.5 Å². The number of ether oxygens (including phenoxy) is 3. The molecule has 1 atom stereocenters. The van der Waals surface area contributed by atoms with Crippen molar-refractivity contribution in [3.8, 4) is 17.6 Å². The van der Waals surface area contributed by atoms with Gasteiger partial charge in [0.2, 0.25) is 11.8 Å². The molecular formula is C48H54N6O8. The minimum absolute atomic E-state index is 0.0219. The zero-order valence-corrected chi connectivity index (χ0v) is 35.9. The standard InChI is InChI=1S/C48H54N6O8/c1-29(27-49)11-19-39(31-10-9-21-50-28-31)62-46-47(2,3)45(48(46,4)5)52-41(56)30-12-14-33(15-13-30)60-23-8-7-22-53(6)32-24-35(25-32)61-34-16-17-36-37(26-34)44(59)54(43(36)58)38-18-20-40(55)51-42(38)57/h9-17,19,21,26,32,35,38,45-46H,1,7-8,18,20,22-25,28H2,2-6H3,(H,52,56)(H,51,55,57)/b19-11-,39-31+/t32-,35-,38?,45-,46-. The van der Waals surface area contributed by atoms with E-state index in [1.54, 1.807) is 48.7 Å². The minimum atomic E-state index is -1.01. The van der Waals surface area contributed by atoms with Crippen molar-refractivity contribution in [3.05, 3.63) is 107 Å². The largest absolute Gasteiger partial charge is 0.494 e. The quantitative estimate of drug-likeness (QED) is 0.0683. The maximum absolute atomic E-state index is 13.5. The molecule has 0 radical (unpaired) electrons. The molecule has 7 rings (SSSR count). The van der Waals surface area contributed by atoms with Crippen LogP contribution in [-0.4, -0.2) is 103 Å². The van der Waals surface area contributed by atoms with Gasteiger partial charge >= 0.3 is 0 Å². The number of piperidine rings is 1. The maximum Gasteiger partial charge on any atom is 0.262 e. The summed E-state index contributed by atoms with van der Waals surface area (Å²) in [5.41, 5.74) is 1.39. The number of carbonyl (C=O) groups excluding carboxylic acids is 5. The number of imide groups is 2. The van der Waals surface area contributed by atoms with Crippen LogP contribution in [0.25, 0.3) is 0 Å². The third-order valence-electron chi connectivity index (χ3n) is 12.7. The Morgan fingerprint density at radius 3 is 2.40 bits per heavy atom. The van der Waals surface area contributed by atoms with E-state index in [-0.39, 0.29) is 48.1 Å². The number of dihydropyridines is 1. The fourth-order valence-corrected chi connectivity index (χ4v) is 9.41. The lowest BCUT2D eigenvalue weighted by atomic mass is 9.49. The molecule has 1 saturated heterocycles. The van der Waals surface area contributed by atoms with Crippen LogP contribution in [0.1, 0.15) is 97.3 Å². The van der Waals surface area contributed by atoms with Crippen LogP contribution in [0.3, 0.4) is 0 Å². The molecule has 2 N–H and O–H groups in total. The molecule has 3 fully saturated rings. The van der Waals surface area contributed by atoms with E-state index in [0.717, 1.165) is 42.7 Å². The number of nitrogens with one attached hydrogen (secondary N) is 2. The minimum Gasteiger partial charge on any atom is -0.494 e. The summed E-state index contributed by atoms with van der Waals surface area (Å²) in [7, 11) is 2.10. The summed E-state index contributed by atoms with van der Waals surface area (Å²) in [6, 6.07) is 13.2. The van der Waals surface area contributed by atoms with Gasteiger partial charge in [-0.2, -0.15) is 5.26 Å². The van der Waals surface area contributed by atoms with Crippen molar-refractivity contribution in [3.63, 3.8) is 0 Å². The van der Waals surface area contributed by atoms with Crippen molar-refractivity contribution in [2.24, 2.45) is 15.8 Å². The second-order valence-electron chi connectivity index (χ2n) is 17.8. The molecule has 2 aliphatic carbocycles. The van der Waals surface area contributed by atoms with Crippen molar-refractivity contribution >= 4 is 35.8 Å². The first-order chi connectivity index (χ1) is 29.6. The smallest absolute Gasteiger partial charge is 0.262 e. The highest BCUT2D eigenvalue weighted by Crippen LogP contribution is 2.56. The van der Waals surface area contributed by atoms with E-state index in [9.17, 15) is 29.2 Å². The average molecular weight is 843 g/mol. The first kappa shape index (κ1) is 43.7. The third-order valence-corrected chi connectivity index (χ3v) is 12.7. The highest BCUT2D eigenvalue weighted by atomic mass is 16.5. The van der Waals surface area contributed by atoms with Gasteiger partial charge in [0.05, 0.1) is 30.3 Å². The van der Waals surface area contributed by atoms with E-state index in [2.05, 4.69) is 61.8 Å². The lowest BCUT2D eigenvalue weighted by Crippen LogP contribution is -2.73. The molecule has 3 aliphatic heterocycles.